The Morgan fingerprint density at radius 3 is 2.94 bits per heavy atom. The molecule has 1 heterocycles. The van der Waals surface area contributed by atoms with Gasteiger partial charge in [-0.25, -0.2) is 0 Å². The van der Waals surface area contributed by atoms with Crippen LogP contribution >= 0.6 is 0 Å². The maximum absolute atomic E-state index is 7.49. The molecule has 0 bridgehead atoms. The van der Waals surface area contributed by atoms with E-state index in [2.05, 4.69) is 4.90 Å². The minimum atomic E-state index is 0.344. The first kappa shape index (κ1) is 11.5. The third kappa shape index (κ3) is 2.33. The van der Waals surface area contributed by atoms with Crippen LogP contribution in [0.5, 0.6) is 0 Å². The Morgan fingerprint density at radius 2 is 2.24 bits per heavy atom. The maximum Gasteiger partial charge on any atom is 0.0911 e. The average Bonchev–Trinajstić information content (AvgIpc) is 2.85. The van der Waals surface area contributed by atoms with E-state index < -0.39 is 0 Å². The lowest BCUT2D eigenvalue weighted by atomic mass is 9.99. The summed E-state index contributed by atoms with van der Waals surface area (Å²) in [6.07, 6.45) is 7.62. The normalized spacial score (nSPS) is 35.5. The van der Waals surface area contributed by atoms with Crippen LogP contribution in [0, 0.1) is 10.8 Å². The number of hydrogen-bond acceptors (Lipinski definition) is 3. The van der Waals surface area contributed by atoms with Crippen LogP contribution in [0.25, 0.3) is 0 Å². The highest BCUT2D eigenvalue weighted by molar-refractivity contribution is 5.78. The molecule has 0 radical (unpaired) electrons. The second-order valence-electron chi connectivity index (χ2n) is 6.08. The third-order valence-electron chi connectivity index (χ3n) is 4.66. The van der Waals surface area contributed by atoms with Crippen molar-refractivity contribution in [2.45, 2.75) is 50.7 Å². The lowest BCUT2D eigenvalue weighted by molar-refractivity contribution is -0.0614. The maximum atomic E-state index is 7.49. The summed E-state index contributed by atoms with van der Waals surface area (Å²) in [6.45, 7) is 3.09. The number of nitrogens with zero attached hydrogens (tertiary/aromatic N) is 1. The predicted molar refractivity (Wildman–Crippen MR) is 67.2 cm³/mol. The number of morpholine rings is 1. The fourth-order valence-corrected chi connectivity index (χ4v) is 3.60. The Kier molecular flexibility index (Phi) is 2.87. The van der Waals surface area contributed by atoms with Gasteiger partial charge in [-0.15, -0.1) is 0 Å². The van der Waals surface area contributed by atoms with Gasteiger partial charge in [-0.3, -0.25) is 10.3 Å². The van der Waals surface area contributed by atoms with E-state index in [0.717, 1.165) is 26.1 Å². The molecule has 2 aliphatic carbocycles. The summed E-state index contributed by atoms with van der Waals surface area (Å²) >= 11 is 0. The zero-order valence-corrected chi connectivity index (χ0v) is 10.5. The monoisotopic (exact) mass is 237 g/mol. The Hall–Kier alpha value is -0.610. The second kappa shape index (κ2) is 4.25. The van der Waals surface area contributed by atoms with Gasteiger partial charge in [-0.2, -0.15) is 0 Å². The number of rotatable bonds is 4. The van der Waals surface area contributed by atoms with E-state index in [1.54, 1.807) is 0 Å². The van der Waals surface area contributed by atoms with Crippen molar-refractivity contribution in [3.05, 3.63) is 0 Å². The van der Waals surface area contributed by atoms with E-state index in [1.165, 1.54) is 32.1 Å². The summed E-state index contributed by atoms with van der Waals surface area (Å²) in [4.78, 5) is 2.62. The average molecular weight is 237 g/mol. The summed E-state index contributed by atoms with van der Waals surface area (Å²) in [5.74, 6) is 0.360. The number of fused-ring (bicyclic) bond motifs is 1. The number of nitrogens with two attached hydrogens (primary N) is 1. The van der Waals surface area contributed by atoms with E-state index in [1.807, 2.05) is 0 Å². The van der Waals surface area contributed by atoms with Crippen LogP contribution in [0.3, 0.4) is 0 Å². The van der Waals surface area contributed by atoms with Gasteiger partial charge in [0.1, 0.15) is 0 Å². The van der Waals surface area contributed by atoms with Crippen molar-refractivity contribution in [1.82, 2.24) is 4.90 Å². The molecule has 0 aromatic rings. The van der Waals surface area contributed by atoms with E-state index in [-0.39, 0.29) is 0 Å². The van der Waals surface area contributed by atoms with E-state index >= 15 is 0 Å². The number of hydrogen-bond donors (Lipinski definition) is 2. The molecule has 3 N–H and O–H groups in total. The van der Waals surface area contributed by atoms with Gasteiger partial charge in [0.25, 0.3) is 0 Å². The zero-order chi connectivity index (χ0) is 11.9. The molecular formula is C13H23N3O. The molecule has 2 saturated carbocycles. The molecule has 0 aromatic heterocycles. The minimum Gasteiger partial charge on any atom is -0.388 e. The number of ether oxygens (including phenoxy) is 1. The topological polar surface area (TPSA) is 62.3 Å². The van der Waals surface area contributed by atoms with Gasteiger partial charge in [-0.1, -0.05) is 0 Å². The van der Waals surface area contributed by atoms with Crippen LogP contribution in [-0.4, -0.2) is 42.6 Å². The fraction of sp³-hybridized carbons (Fsp3) is 0.923. The highest BCUT2D eigenvalue weighted by atomic mass is 16.5. The van der Waals surface area contributed by atoms with Gasteiger partial charge in [-0.05, 0) is 37.5 Å². The number of nitrogens with one attached hydrogen (secondary N) is 1. The molecule has 1 saturated heterocycles. The standard InChI is InChI=1S/C13H23N3O/c14-12(15)8-13(4-5-13)9-16-6-7-17-11-3-1-2-10(11)16/h10-11H,1-9H2,(H3,14,15). The second-order valence-corrected chi connectivity index (χ2v) is 6.08. The molecule has 1 aliphatic heterocycles. The molecule has 3 rings (SSSR count). The molecule has 4 nitrogen and oxygen atoms in total. The van der Waals surface area contributed by atoms with Gasteiger partial charge in [0.2, 0.25) is 0 Å². The van der Waals surface area contributed by atoms with Crippen molar-refractivity contribution < 1.29 is 4.74 Å². The molecular weight excluding hydrogens is 214 g/mol. The van der Waals surface area contributed by atoms with Crippen molar-refractivity contribution in [3.8, 4) is 0 Å². The van der Waals surface area contributed by atoms with Gasteiger partial charge >= 0.3 is 0 Å². The molecule has 3 fully saturated rings. The third-order valence-corrected chi connectivity index (χ3v) is 4.66. The summed E-state index contributed by atoms with van der Waals surface area (Å²) < 4.78 is 5.84. The molecule has 96 valence electrons. The smallest absolute Gasteiger partial charge is 0.0911 e. The molecule has 17 heavy (non-hydrogen) atoms. The Morgan fingerprint density at radius 1 is 1.41 bits per heavy atom. The van der Waals surface area contributed by atoms with Gasteiger partial charge in [0, 0.05) is 25.6 Å². The van der Waals surface area contributed by atoms with Gasteiger partial charge < -0.3 is 10.5 Å². The molecule has 0 spiro atoms. The Labute approximate surface area is 103 Å². The summed E-state index contributed by atoms with van der Waals surface area (Å²) in [6, 6.07) is 0.646. The van der Waals surface area contributed by atoms with Crippen molar-refractivity contribution in [2.24, 2.45) is 11.1 Å². The highest BCUT2D eigenvalue weighted by Crippen LogP contribution is 2.50. The molecule has 4 heteroatoms. The van der Waals surface area contributed by atoms with Gasteiger partial charge in [0.15, 0.2) is 0 Å². The summed E-state index contributed by atoms with van der Waals surface area (Å²) in [5.41, 5.74) is 5.91. The first-order valence-corrected chi connectivity index (χ1v) is 6.87. The van der Waals surface area contributed by atoms with Gasteiger partial charge in [0.05, 0.1) is 18.5 Å². The first-order valence-electron chi connectivity index (χ1n) is 6.87. The predicted octanol–water partition coefficient (Wildman–Crippen LogP) is 1.35. The minimum absolute atomic E-state index is 0.344. The van der Waals surface area contributed by atoms with Crippen LogP contribution < -0.4 is 5.73 Å². The van der Waals surface area contributed by atoms with E-state index in [4.69, 9.17) is 15.9 Å². The first-order chi connectivity index (χ1) is 8.19. The van der Waals surface area contributed by atoms with E-state index in [0.29, 0.717) is 23.4 Å². The zero-order valence-electron chi connectivity index (χ0n) is 10.5. The van der Waals surface area contributed by atoms with Crippen molar-refractivity contribution in [1.29, 1.82) is 5.41 Å². The molecule has 2 unspecified atom stereocenters. The molecule has 0 amide bonds. The fourth-order valence-electron chi connectivity index (χ4n) is 3.60. The molecule has 0 aromatic carbocycles. The summed E-state index contributed by atoms with van der Waals surface area (Å²) in [7, 11) is 0. The van der Waals surface area contributed by atoms with Crippen LogP contribution in [0.4, 0.5) is 0 Å². The van der Waals surface area contributed by atoms with Crippen molar-refractivity contribution in [3.63, 3.8) is 0 Å². The van der Waals surface area contributed by atoms with Crippen LogP contribution in [-0.2, 0) is 4.74 Å². The Bertz CT molecular complexity index is 314. The Balaban J connectivity index is 1.62. The quantitative estimate of drug-likeness (QED) is 0.573. The lowest BCUT2D eigenvalue weighted by Gasteiger charge is -2.39. The SMILES string of the molecule is N=C(N)CC1(CN2CCOC3CCCC32)CC1. The highest BCUT2D eigenvalue weighted by Gasteiger charge is 2.47. The van der Waals surface area contributed by atoms with Crippen molar-refractivity contribution in [2.75, 3.05) is 19.7 Å². The number of amidine groups is 1. The van der Waals surface area contributed by atoms with E-state index in [9.17, 15) is 0 Å². The lowest BCUT2D eigenvalue weighted by Crippen LogP contribution is -2.50. The largest absolute Gasteiger partial charge is 0.388 e. The summed E-state index contributed by atoms with van der Waals surface area (Å²) in [5, 5.41) is 7.49. The van der Waals surface area contributed by atoms with Crippen LogP contribution in [0.15, 0.2) is 0 Å². The molecule has 3 aliphatic rings. The van der Waals surface area contributed by atoms with Crippen molar-refractivity contribution >= 4 is 5.84 Å². The van der Waals surface area contributed by atoms with Crippen LogP contribution in [0.2, 0.25) is 0 Å². The van der Waals surface area contributed by atoms with Crippen LogP contribution in [0.1, 0.15) is 38.5 Å². The molecule has 2 atom stereocenters.